The van der Waals surface area contributed by atoms with Gasteiger partial charge in [-0.3, -0.25) is 4.79 Å². The van der Waals surface area contributed by atoms with Gasteiger partial charge in [-0.15, -0.1) is 0 Å². The average Bonchev–Trinajstić information content (AvgIpc) is 2.03. The van der Waals surface area contributed by atoms with Gasteiger partial charge in [0.1, 0.15) is 6.29 Å². The van der Waals surface area contributed by atoms with Crippen LogP contribution in [0, 0.1) is 5.92 Å². The Labute approximate surface area is 61.3 Å². The molecule has 1 unspecified atom stereocenters. The molecule has 1 fully saturated rings. The maximum absolute atomic E-state index is 9.94. The van der Waals surface area contributed by atoms with Crippen molar-refractivity contribution in [3.63, 3.8) is 0 Å². The van der Waals surface area contributed by atoms with E-state index < -0.39 is 0 Å². The SMILES string of the molecule is O=C/C=C/C1CCCNC1. The van der Waals surface area contributed by atoms with Crippen molar-refractivity contribution in [3.8, 4) is 0 Å². The standard InChI is InChI=1S/C8H13NO/c10-6-2-4-8-3-1-5-9-7-8/h2,4,6,8-9H,1,3,5,7H2/b4-2+. The van der Waals surface area contributed by atoms with Crippen LogP contribution >= 0.6 is 0 Å². The van der Waals surface area contributed by atoms with Crippen LogP contribution in [0.2, 0.25) is 0 Å². The zero-order valence-corrected chi connectivity index (χ0v) is 6.05. The van der Waals surface area contributed by atoms with Gasteiger partial charge in [0.15, 0.2) is 0 Å². The van der Waals surface area contributed by atoms with E-state index in [0.717, 1.165) is 19.4 Å². The van der Waals surface area contributed by atoms with Gasteiger partial charge < -0.3 is 5.32 Å². The largest absolute Gasteiger partial charge is 0.316 e. The second-order valence-corrected chi connectivity index (χ2v) is 2.63. The van der Waals surface area contributed by atoms with Crippen molar-refractivity contribution in [2.45, 2.75) is 12.8 Å². The lowest BCUT2D eigenvalue weighted by atomic mass is 9.99. The summed E-state index contributed by atoms with van der Waals surface area (Å²) >= 11 is 0. The number of rotatable bonds is 2. The number of piperidine rings is 1. The van der Waals surface area contributed by atoms with Gasteiger partial charge in [-0.1, -0.05) is 6.08 Å². The summed E-state index contributed by atoms with van der Waals surface area (Å²) in [5.74, 6) is 0.582. The van der Waals surface area contributed by atoms with E-state index in [1.807, 2.05) is 6.08 Å². The highest BCUT2D eigenvalue weighted by Crippen LogP contribution is 2.10. The third-order valence-corrected chi connectivity index (χ3v) is 1.80. The minimum absolute atomic E-state index is 0.582. The molecular formula is C8H13NO. The molecule has 0 saturated carbocycles. The van der Waals surface area contributed by atoms with Crippen LogP contribution in [0.25, 0.3) is 0 Å². The average molecular weight is 139 g/mol. The number of aldehydes is 1. The van der Waals surface area contributed by atoms with Gasteiger partial charge >= 0.3 is 0 Å². The minimum atomic E-state index is 0.582. The fourth-order valence-electron chi connectivity index (χ4n) is 1.25. The lowest BCUT2D eigenvalue weighted by Crippen LogP contribution is -2.28. The molecule has 1 aliphatic heterocycles. The summed E-state index contributed by atoms with van der Waals surface area (Å²) in [7, 11) is 0. The highest BCUT2D eigenvalue weighted by molar-refractivity contribution is 5.64. The Kier molecular flexibility index (Phi) is 3.16. The summed E-state index contributed by atoms with van der Waals surface area (Å²) in [4.78, 5) is 9.94. The third kappa shape index (κ3) is 2.31. The maximum Gasteiger partial charge on any atom is 0.142 e. The van der Waals surface area contributed by atoms with Crippen molar-refractivity contribution >= 4 is 6.29 Å². The number of hydrogen-bond acceptors (Lipinski definition) is 2. The van der Waals surface area contributed by atoms with E-state index in [0.29, 0.717) is 5.92 Å². The van der Waals surface area contributed by atoms with Gasteiger partial charge in [0.05, 0.1) is 0 Å². The van der Waals surface area contributed by atoms with Gasteiger partial charge in [0.25, 0.3) is 0 Å². The summed E-state index contributed by atoms with van der Waals surface area (Å²) in [6, 6.07) is 0. The van der Waals surface area contributed by atoms with Crippen LogP contribution in [0.4, 0.5) is 0 Å². The zero-order chi connectivity index (χ0) is 7.23. The van der Waals surface area contributed by atoms with Crippen LogP contribution < -0.4 is 5.32 Å². The molecule has 0 aromatic carbocycles. The molecule has 1 heterocycles. The summed E-state index contributed by atoms with van der Waals surface area (Å²) in [6.07, 6.45) is 6.87. The van der Waals surface area contributed by atoms with Crippen LogP contribution in [0.15, 0.2) is 12.2 Å². The van der Waals surface area contributed by atoms with Gasteiger partial charge in [-0.05, 0) is 31.4 Å². The third-order valence-electron chi connectivity index (χ3n) is 1.80. The molecule has 1 N–H and O–H groups in total. The molecule has 1 rings (SSSR count). The normalized spacial score (nSPS) is 27.0. The first-order chi connectivity index (χ1) is 4.93. The number of carbonyl (C=O) groups excluding carboxylic acids is 1. The van der Waals surface area contributed by atoms with E-state index in [4.69, 9.17) is 0 Å². The highest BCUT2D eigenvalue weighted by Gasteiger charge is 2.07. The number of carbonyl (C=O) groups is 1. The molecule has 0 bridgehead atoms. The Bertz CT molecular complexity index is 125. The molecule has 0 spiro atoms. The first-order valence-corrected chi connectivity index (χ1v) is 3.76. The van der Waals surface area contributed by atoms with Crippen molar-refractivity contribution in [1.29, 1.82) is 0 Å². The van der Waals surface area contributed by atoms with Gasteiger partial charge in [0.2, 0.25) is 0 Å². The molecule has 0 aromatic rings. The highest BCUT2D eigenvalue weighted by atomic mass is 16.1. The Balaban J connectivity index is 2.25. The Morgan fingerprint density at radius 3 is 3.00 bits per heavy atom. The van der Waals surface area contributed by atoms with Crippen LogP contribution in [-0.2, 0) is 4.79 Å². The summed E-state index contributed by atoms with van der Waals surface area (Å²) in [5.41, 5.74) is 0. The quantitative estimate of drug-likeness (QED) is 0.451. The van der Waals surface area contributed by atoms with Crippen LogP contribution in [-0.4, -0.2) is 19.4 Å². The predicted octanol–water partition coefficient (Wildman–Crippen LogP) is 0.741. The zero-order valence-electron chi connectivity index (χ0n) is 6.05. The molecule has 56 valence electrons. The molecule has 1 saturated heterocycles. The van der Waals surface area contributed by atoms with Crippen LogP contribution in [0.1, 0.15) is 12.8 Å². The first-order valence-electron chi connectivity index (χ1n) is 3.76. The predicted molar refractivity (Wildman–Crippen MR) is 40.8 cm³/mol. The van der Waals surface area contributed by atoms with E-state index in [1.165, 1.54) is 12.8 Å². The van der Waals surface area contributed by atoms with Crippen LogP contribution in [0.5, 0.6) is 0 Å². The maximum atomic E-state index is 9.94. The summed E-state index contributed by atoms with van der Waals surface area (Å²) in [5, 5.41) is 3.28. The summed E-state index contributed by atoms with van der Waals surface area (Å²) in [6.45, 7) is 2.16. The molecule has 10 heavy (non-hydrogen) atoms. The molecule has 1 atom stereocenters. The lowest BCUT2D eigenvalue weighted by molar-refractivity contribution is -0.104. The van der Waals surface area contributed by atoms with Crippen molar-refractivity contribution in [2.75, 3.05) is 13.1 Å². The Morgan fingerprint density at radius 1 is 1.50 bits per heavy atom. The van der Waals surface area contributed by atoms with E-state index in [2.05, 4.69) is 5.32 Å². The number of allylic oxidation sites excluding steroid dienone is 1. The van der Waals surface area contributed by atoms with E-state index >= 15 is 0 Å². The van der Waals surface area contributed by atoms with E-state index in [-0.39, 0.29) is 0 Å². The van der Waals surface area contributed by atoms with Crippen molar-refractivity contribution in [1.82, 2.24) is 5.32 Å². The van der Waals surface area contributed by atoms with Gasteiger partial charge in [-0.2, -0.15) is 0 Å². The van der Waals surface area contributed by atoms with E-state index in [9.17, 15) is 4.79 Å². The molecule has 1 aliphatic rings. The number of hydrogen-bond donors (Lipinski definition) is 1. The van der Waals surface area contributed by atoms with Crippen LogP contribution in [0.3, 0.4) is 0 Å². The van der Waals surface area contributed by atoms with Gasteiger partial charge in [0, 0.05) is 6.54 Å². The molecule has 2 heteroatoms. The van der Waals surface area contributed by atoms with Crippen molar-refractivity contribution in [3.05, 3.63) is 12.2 Å². The molecule has 0 radical (unpaired) electrons. The Morgan fingerprint density at radius 2 is 2.40 bits per heavy atom. The fraction of sp³-hybridized carbons (Fsp3) is 0.625. The molecular weight excluding hydrogens is 126 g/mol. The fourth-order valence-corrected chi connectivity index (χ4v) is 1.25. The first kappa shape index (κ1) is 7.48. The molecule has 2 nitrogen and oxygen atoms in total. The monoisotopic (exact) mass is 139 g/mol. The Hall–Kier alpha value is -0.630. The van der Waals surface area contributed by atoms with Gasteiger partial charge in [-0.25, -0.2) is 0 Å². The smallest absolute Gasteiger partial charge is 0.142 e. The number of nitrogens with one attached hydrogen (secondary N) is 1. The summed E-state index contributed by atoms with van der Waals surface area (Å²) < 4.78 is 0. The van der Waals surface area contributed by atoms with E-state index in [1.54, 1.807) is 6.08 Å². The topological polar surface area (TPSA) is 29.1 Å². The molecule has 0 aromatic heterocycles. The van der Waals surface area contributed by atoms with Crippen molar-refractivity contribution < 1.29 is 4.79 Å². The second kappa shape index (κ2) is 4.23. The molecule has 0 amide bonds. The minimum Gasteiger partial charge on any atom is -0.316 e. The van der Waals surface area contributed by atoms with Crippen molar-refractivity contribution in [2.24, 2.45) is 5.92 Å². The molecule has 0 aliphatic carbocycles. The second-order valence-electron chi connectivity index (χ2n) is 2.63. The lowest BCUT2D eigenvalue weighted by Gasteiger charge is -2.18.